The van der Waals surface area contributed by atoms with Crippen LogP contribution in [0, 0.1) is 5.92 Å². The van der Waals surface area contributed by atoms with Crippen molar-refractivity contribution in [2.45, 2.75) is 25.2 Å². The summed E-state index contributed by atoms with van der Waals surface area (Å²) in [6, 6.07) is 8.04. The Morgan fingerprint density at radius 2 is 1.93 bits per heavy atom. The van der Waals surface area contributed by atoms with Crippen LogP contribution in [0.25, 0.3) is 0 Å². The van der Waals surface area contributed by atoms with Gasteiger partial charge in [0.05, 0.1) is 0 Å². The van der Waals surface area contributed by atoms with Gasteiger partial charge in [0.15, 0.2) is 0 Å². The minimum absolute atomic E-state index is 0.282. The molecule has 0 amide bonds. The molecule has 1 atom stereocenters. The van der Waals surface area contributed by atoms with Crippen molar-refractivity contribution >= 4 is 11.6 Å². The molecule has 0 heterocycles. The molecule has 76 valence electrons. The molecular weight excluding hydrogens is 196 g/mol. The summed E-state index contributed by atoms with van der Waals surface area (Å²) >= 11 is 5.84. The third-order valence-corrected chi connectivity index (χ3v) is 3.18. The average Bonchev–Trinajstić information content (AvgIpc) is 2.99. The van der Waals surface area contributed by atoms with E-state index in [1.54, 1.807) is 0 Å². The van der Waals surface area contributed by atoms with E-state index >= 15 is 0 Å². The van der Waals surface area contributed by atoms with Crippen molar-refractivity contribution in [3.05, 3.63) is 34.9 Å². The Labute approximate surface area is 89.7 Å². The molecule has 0 spiro atoms. The molecule has 0 aliphatic heterocycles. The van der Waals surface area contributed by atoms with Gasteiger partial charge in [-0.25, -0.2) is 0 Å². The van der Waals surface area contributed by atoms with Crippen molar-refractivity contribution in [3.8, 4) is 0 Å². The van der Waals surface area contributed by atoms with Gasteiger partial charge in [-0.3, -0.25) is 0 Å². The maximum atomic E-state index is 9.00. The molecule has 1 nitrogen and oxygen atoms in total. The summed E-state index contributed by atoms with van der Waals surface area (Å²) in [5, 5.41) is 9.79. The lowest BCUT2D eigenvalue weighted by atomic mass is 9.91. The van der Waals surface area contributed by atoms with Crippen LogP contribution >= 0.6 is 11.6 Å². The number of aliphatic hydroxyl groups is 1. The Hall–Kier alpha value is -0.530. The van der Waals surface area contributed by atoms with Gasteiger partial charge in [-0.15, -0.1) is 0 Å². The van der Waals surface area contributed by atoms with Crippen molar-refractivity contribution in [2.24, 2.45) is 5.92 Å². The lowest BCUT2D eigenvalue weighted by molar-refractivity contribution is 0.270. The van der Waals surface area contributed by atoms with Gasteiger partial charge in [-0.05, 0) is 48.8 Å². The molecule has 1 unspecified atom stereocenters. The van der Waals surface area contributed by atoms with E-state index in [4.69, 9.17) is 16.7 Å². The van der Waals surface area contributed by atoms with Crippen LogP contribution in [0.15, 0.2) is 24.3 Å². The quantitative estimate of drug-likeness (QED) is 0.809. The van der Waals surface area contributed by atoms with E-state index in [-0.39, 0.29) is 6.61 Å². The van der Waals surface area contributed by atoms with Crippen LogP contribution in [0.3, 0.4) is 0 Å². The van der Waals surface area contributed by atoms with Crippen LogP contribution in [0.2, 0.25) is 5.02 Å². The van der Waals surface area contributed by atoms with Crippen molar-refractivity contribution in [1.29, 1.82) is 0 Å². The summed E-state index contributed by atoms with van der Waals surface area (Å²) < 4.78 is 0. The molecular formula is C12H15ClO. The summed E-state index contributed by atoms with van der Waals surface area (Å²) in [5.41, 5.74) is 1.32. The lowest BCUT2D eigenvalue weighted by Gasteiger charge is -2.15. The first-order chi connectivity index (χ1) is 6.81. The second-order valence-corrected chi connectivity index (χ2v) is 4.44. The molecule has 1 aliphatic carbocycles. The molecule has 0 saturated heterocycles. The van der Waals surface area contributed by atoms with Crippen LogP contribution in [-0.4, -0.2) is 11.7 Å². The van der Waals surface area contributed by atoms with Gasteiger partial charge in [-0.2, -0.15) is 0 Å². The molecule has 1 aliphatic rings. The normalized spacial score (nSPS) is 18.1. The van der Waals surface area contributed by atoms with Gasteiger partial charge in [-0.1, -0.05) is 23.7 Å². The number of halogens is 1. The number of aliphatic hydroxyl groups excluding tert-OH is 1. The van der Waals surface area contributed by atoms with E-state index in [0.29, 0.717) is 5.92 Å². The van der Waals surface area contributed by atoms with E-state index in [1.165, 1.54) is 18.4 Å². The van der Waals surface area contributed by atoms with E-state index in [2.05, 4.69) is 12.1 Å². The zero-order valence-electron chi connectivity index (χ0n) is 8.12. The standard InChI is InChI=1S/C12H15ClO/c13-11-5-3-10(4-6-11)12(7-8-14)9-1-2-9/h3-6,9,12,14H,1-2,7-8H2. The summed E-state index contributed by atoms with van der Waals surface area (Å²) in [7, 11) is 0. The topological polar surface area (TPSA) is 20.2 Å². The van der Waals surface area contributed by atoms with Crippen molar-refractivity contribution in [1.82, 2.24) is 0 Å². The fourth-order valence-corrected chi connectivity index (χ4v) is 2.15. The smallest absolute Gasteiger partial charge is 0.0436 e. The first-order valence-corrected chi connectivity index (χ1v) is 5.55. The molecule has 14 heavy (non-hydrogen) atoms. The maximum Gasteiger partial charge on any atom is 0.0436 e. The first-order valence-electron chi connectivity index (χ1n) is 5.17. The monoisotopic (exact) mass is 210 g/mol. The molecule has 1 fully saturated rings. The predicted octanol–water partition coefficient (Wildman–Crippen LogP) is 3.22. The fraction of sp³-hybridized carbons (Fsp3) is 0.500. The molecule has 0 aromatic heterocycles. The summed E-state index contributed by atoms with van der Waals surface area (Å²) in [5.74, 6) is 1.33. The van der Waals surface area contributed by atoms with Crippen molar-refractivity contribution in [2.75, 3.05) is 6.61 Å². The number of hydrogen-bond donors (Lipinski definition) is 1. The summed E-state index contributed by atoms with van der Waals surface area (Å²) in [6.45, 7) is 0.282. The van der Waals surface area contributed by atoms with Gasteiger partial charge in [0.1, 0.15) is 0 Å². The van der Waals surface area contributed by atoms with Gasteiger partial charge >= 0.3 is 0 Å². The third kappa shape index (κ3) is 2.28. The van der Waals surface area contributed by atoms with Gasteiger partial charge in [0.25, 0.3) is 0 Å². The van der Waals surface area contributed by atoms with Gasteiger partial charge in [0.2, 0.25) is 0 Å². The minimum Gasteiger partial charge on any atom is -0.396 e. The Morgan fingerprint density at radius 3 is 2.43 bits per heavy atom. The Morgan fingerprint density at radius 1 is 1.29 bits per heavy atom. The molecule has 1 N–H and O–H groups in total. The van der Waals surface area contributed by atoms with Gasteiger partial charge in [0, 0.05) is 11.6 Å². The second-order valence-electron chi connectivity index (χ2n) is 4.01. The average molecular weight is 211 g/mol. The molecule has 0 radical (unpaired) electrons. The predicted molar refractivity (Wildman–Crippen MR) is 58.6 cm³/mol. The molecule has 2 heteroatoms. The lowest BCUT2D eigenvalue weighted by Crippen LogP contribution is -2.03. The summed E-state index contributed by atoms with van der Waals surface area (Å²) in [6.07, 6.45) is 3.51. The van der Waals surface area contributed by atoms with Crippen molar-refractivity contribution < 1.29 is 5.11 Å². The van der Waals surface area contributed by atoms with Gasteiger partial charge < -0.3 is 5.11 Å². The van der Waals surface area contributed by atoms with E-state index in [9.17, 15) is 0 Å². The fourth-order valence-electron chi connectivity index (χ4n) is 2.02. The van der Waals surface area contributed by atoms with Crippen LogP contribution < -0.4 is 0 Å². The Kier molecular flexibility index (Phi) is 3.09. The first kappa shape index (κ1) is 10.0. The minimum atomic E-state index is 0.282. The highest BCUT2D eigenvalue weighted by Gasteiger charge is 2.31. The highest BCUT2D eigenvalue weighted by molar-refractivity contribution is 6.30. The van der Waals surface area contributed by atoms with Crippen LogP contribution in [0.4, 0.5) is 0 Å². The maximum absolute atomic E-state index is 9.00. The second kappa shape index (κ2) is 4.33. The van der Waals surface area contributed by atoms with Crippen LogP contribution in [0.5, 0.6) is 0 Å². The molecule has 0 bridgehead atoms. The zero-order valence-corrected chi connectivity index (χ0v) is 8.87. The molecule has 1 aromatic carbocycles. The number of benzene rings is 1. The Balaban J connectivity index is 2.13. The van der Waals surface area contributed by atoms with Crippen LogP contribution in [0.1, 0.15) is 30.7 Å². The van der Waals surface area contributed by atoms with Crippen molar-refractivity contribution in [3.63, 3.8) is 0 Å². The SMILES string of the molecule is OCCC(c1ccc(Cl)cc1)C1CC1. The highest BCUT2D eigenvalue weighted by atomic mass is 35.5. The largest absolute Gasteiger partial charge is 0.396 e. The zero-order chi connectivity index (χ0) is 9.97. The highest BCUT2D eigenvalue weighted by Crippen LogP contribution is 2.44. The van der Waals surface area contributed by atoms with E-state index in [1.807, 2.05) is 12.1 Å². The molecule has 1 aromatic rings. The summed E-state index contributed by atoms with van der Waals surface area (Å²) in [4.78, 5) is 0. The third-order valence-electron chi connectivity index (χ3n) is 2.93. The number of rotatable bonds is 4. The number of hydrogen-bond acceptors (Lipinski definition) is 1. The van der Waals surface area contributed by atoms with Crippen LogP contribution in [-0.2, 0) is 0 Å². The van der Waals surface area contributed by atoms with E-state index in [0.717, 1.165) is 17.4 Å². The Bertz CT molecular complexity index is 290. The molecule has 1 saturated carbocycles. The molecule has 2 rings (SSSR count). The van der Waals surface area contributed by atoms with E-state index < -0.39 is 0 Å².